The number of benzene rings is 1. The second kappa shape index (κ2) is 8.31. The molecular formula is C21H30N4O3. The molecular weight excluding hydrogens is 356 g/mol. The Labute approximate surface area is 166 Å². The van der Waals surface area contributed by atoms with E-state index in [1.807, 2.05) is 6.92 Å². The summed E-state index contributed by atoms with van der Waals surface area (Å²) in [6, 6.07) is 7.71. The Morgan fingerprint density at radius 2 is 1.68 bits per heavy atom. The molecule has 1 aliphatic carbocycles. The number of nitrogens with one attached hydrogen (secondary N) is 3. The molecule has 1 unspecified atom stereocenters. The van der Waals surface area contributed by atoms with Crippen LogP contribution in [-0.4, -0.2) is 34.9 Å². The maximum Gasteiger partial charge on any atom is 0.344 e. The molecule has 3 N–H and O–H groups in total. The van der Waals surface area contributed by atoms with Crippen molar-refractivity contribution in [3.63, 3.8) is 0 Å². The van der Waals surface area contributed by atoms with Gasteiger partial charge < -0.3 is 10.6 Å². The summed E-state index contributed by atoms with van der Waals surface area (Å²) in [6.45, 7) is 6.28. The van der Waals surface area contributed by atoms with E-state index in [4.69, 9.17) is 0 Å². The lowest BCUT2D eigenvalue weighted by molar-refractivity contribution is -0.139. The van der Waals surface area contributed by atoms with Crippen molar-refractivity contribution in [2.24, 2.45) is 0 Å². The van der Waals surface area contributed by atoms with Crippen molar-refractivity contribution in [2.45, 2.75) is 70.4 Å². The summed E-state index contributed by atoms with van der Waals surface area (Å²) in [6.07, 6.45) is 4.14. The van der Waals surface area contributed by atoms with E-state index in [-0.39, 0.29) is 18.5 Å². The Kier molecular flexibility index (Phi) is 6.03. The summed E-state index contributed by atoms with van der Waals surface area (Å²) in [5.74, 6) is -0.287. The number of amides is 4. The second-order valence-electron chi connectivity index (χ2n) is 8.17. The van der Waals surface area contributed by atoms with Gasteiger partial charge in [-0.3, -0.25) is 15.0 Å². The van der Waals surface area contributed by atoms with E-state index in [1.54, 1.807) is 0 Å². The highest BCUT2D eigenvalue weighted by molar-refractivity contribution is 6.08. The van der Waals surface area contributed by atoms with Crippen LogP contribution in [0.4, 0.5) is 4.79 Å². The van der Waals surface area contributed by atoms with Crippen molar-refractivity contribution < 1.29 is 14.4 Å². The molecule has 1 aliphatic heterocycles. The highest BCUT2D eigenvalue weighted by Crippen LogP contribution is 2.32. The Morgan fingerprint density at radius 1 is 1.07 bits per heavy atom. The molecule has 152 valence electrons. The molecule has 1 heterocycles. The van der Waals surface area contributed by atoms with Crippen LogP contribution in [0, 0.1) is 0 Å². The maximum absolute atomic E-state index is 12.7. The first-order chi connectivity index (χ1) is 13.3. The van der Waals surface area contributed by atoms with Gasteiger partial charge in [0, 0.05) is 6.04 Å². The molecule has 0 bridgehead atoms. The van der Waals surface area contributed by atoms with Gasteiger partial charge >= 0.3 is 6.03 Å². The van der Waals surface area contributed by atoms with Crippen LogP contribution in [0.15, 0.2) is 24.3 Å². The normalized spacial score (nSPS) is 19.8. The van der Waals surface area contributed by atoms with Crippen LogP contribution in [0.1, 0.15) is 76.0 Å². The van der Waals surface area contributed by atoms with E-state index < -0.39 is 17.5 Å². The third-order valence-electron chi connectivity index (χ3n) is 5.78. The summed E-state index contributed by atoms with van der Waals surface area (Å²) in [4.78, 5) is 37.2. The summed E-state index contributed by atoms with van der Waals surface area (Å²) in [5, 5.41) is 6.77. The van der Waals surface area contributed by atoms with Gasteiger partial charge in [0.1, 0.15) is 5.54 Å². The average molecular weight is 386 g/mol. The van der Waals surface area contributed by atoms with Crippen molar-refractivity contribution in [1.82, 2.24) is 21.1 Å². The van der Waals surface area contributed by atoms with E-state index in [9.17, 15) is 14.4 Å². The number of rotatable bonds is 6. The Bertz CT molecular complexity index is 739. The molecule has 4 amide bonds. The Balaban J connectivity index is 1.52. The van der Waals surface area contributed by atoms with Gasteiger partial charge in [0.05, 0.1) is 6.54 Å². The third kappa shape index (κ3) is 4.19. The van der Waals surface area contributed by atoms with Crippen molar-refractivity contribution in [3.05, 3.63) is 35.4 Å². The highest BCUT2D eigenvalue weighted by Gasteiger charge is 2.52. The molecule has 7 nitrogen and oxygen atoms in total. The monoisotopic (exact) mass is 386 g/mol. The van der Waals surface area contributed by atoms with E-state index in [0.29, 0.717) is 18.8 Å². The smallest absolute Gasteiger partial charge is 0.322 e. The second-order valence-corrected chi connectivity index (χ2v) is 8.17. The van der Waals surface area contributed by atoms with Crippen LogP contribution in [0.25, 0.3) is 0 Å². The lowest BCUT2D eigenvalue weighted by Gasteiger charge is -2.30. The van der Waals surface area contributed by atoms with Crippen molar-refractivity contribution >= 4 is 17.8 Å². The summed E-state index contributed by atoms with van der Waals surface area (Å²) < 4.78 is 0. The minimum atomic E-state index is -0.832. The lowest BCUT2D eigenvalue weighted by Crippen LogP contribution is -2.52. The molecule has 28 heavy (non-hydrogen) atoms. The number of imide groups is 1. The van der Waals surface area contributed by atoms with Gasteiger partial charge in [0.2, 0.25) is 0 Å². The van der Waals surface area contributed by atoms with Gasteiger partial charge in [-0.25, -0.2) is 4.79 Å². The number of carbonyl (C=O) groups is 3. The molecule has 3 rings (SSSR count). The summed E-state index contributed by atoms with van der Waals surface area (Å²) in [7, 11) is 0. The topological polar surface area (TPSA) is 90.5 Å². The van der Waals surface area contributed by atoms with Crippen LogP contribution in [0.2, 0.25) is 0 Å². The van der Waals surface area contributed by atoms with Crippen molar-refractivity contribution in [3.8, 4) is 0 Å². The molecule has 1 saturated carbocycles. The Morgan fingerprint density at radius 3 is 2.29 bits per heavy atom. The molecule has 1 saturated heterocycles. The van der Waals surface area contributed by atoms with Gasteiger partial charge in [0.25, 0.3) is 11.8 Å². The SMILES string of the molecule is CC(C)c1ccc(C(C)NCC(=O)NN2C(=O)NC3(CCCCC3)C2=O)cc1. The average Bonchev–Trinajstić information content (AvgIpc) is 2.90. The summed E-state index contributed by atoms with van der Waals surface area (Å²) in [5.41, 5.74) is 3.96. The molecule has 2 fully saturated rings. The zero-order chi connectivity index (χ0) is 20.3. The minimum absolute atomic E-state index is 0.0111. The highest BCUT2D eigenvalue weighted by atomic mass is 16.2. The van der Waals surface area contributed by atoms with Gasteiger partial charge in [-0.15, -0.1) is 0 Å². The molecule has 0 radical (unpaired) electrons. The fraction of sp³-hybridized carbons (Fsp3) is 0.571. The predicted octanol–water partition coefficient (Wildman–Crippen LogP) is 2.75. The Hall–Kier alpha value is -2.41. The number of urea groups is 1. The van der Waals surface area contributed by atoms with E-state index in [0.717, 1.165) is 29.8 Å². The van der Waals surface area contributed by atoms with Gasteiger partial charge in [-0.2, -0.15) is 5.01 Å². The number of carbonyl (C=O) groups excluding carboxylic acids is 3. The van der Waals surface area contributed by atoms with Gasteiger partial charge in [0.15, 0.2) is 0 Å². The van der Waals surface area contributed by atoms with Crippen LogP contribution in [-0.2, 0) is 9.59 Å². The van der Waals surface area contributed by atoms with Crippen molar-refractivity contribution in [1.29, 1.82) is 0 Å². The van der Waals surface area contributed by atoms with Gasteiger partial charge in [-0.1, -0.05) is 57.4 Å². The predicted molar refractivity (Wildman–Crippen MR) is 106 cm³/mol. The number of hydrogen-bond donors (Lipinski definition) is 3. The van der Waals surface area contributed by atoms with E-state index in [2.05, 4.69) is 54.2 Å². The van der Waals surface area contributed by atoms with Crippen LogP contribution in [0.5, 0.6) is 0 Å². The number of nitrogens with zero attached hydrogens (tertiary/aromatic N) is 1. The van der Waals surface area contributed by atoms with Crippen molar-refractivity contribution in [2.75, 3.05) is 6.54 Å². The van der Waals surface area contributed by atoms with Crippen LogP contribution < -0.4 is 16.1 Å². The molecule has 1 aromatic carbocycles. The standard InChI is InChI=1S/C21H30N4O3/c1-14(2)16-7-9-17(10-8-16)15(3)22-13-18(26)24-25-19(27)21(23-20(25)28)11-5-4-6-12-21/h7-10,14-15,22H,4-6,11-13H2,1-3H3,(H,23,28)(H,24,26). The zero-order valence-electron chi connectivity index (χ0n) is 16.9. The van der Waals surface area contributed by atoms with E-state index in [1.165, 1.54) is 5.56 Å². The van der Waals surface area contributed by atoms with Crippen LogP contribution in [0.3, 0.4) is 0 Å². The first kappa shape index (κ1) is 20.3. The third-order valence-corrected chi connectivity index (χ3v) is 5.78. The quantitative estimate of drug-likeness (QED) is 0.656. The fourth-order valence-electron chi connectivity index (χ4n) is 3.91. The zero-order valence-corrected chi connectivity index (χ0v) is 16.9. The first-order valence-corrected chi connectivity index (χ1v) is 10.1. The fourth-order valence-corrected chi connectivity index (χ4v) is 3.91. The molecule has 0 aromatic heterocycles. The molecule has 1 spiro atoms. The van der Waals surface area contributed by atoms with E-state index >= 15 is 0 Å². The minimum Gasteiger partial charge on any atom is -0.322 e. The first-order valence-electron chi connectivity index (χ1n) is 10.1. The molecule has 7 heteroatoms. The number of hydrazine groups is 1. The number of hydrogen-bond acceptors (Lipinski definition) is 4. The molecule has 1 atom stereocenters. The maximum atomic E-state index is 12.7. The molecule has 1 aromatic rings. The lowest BCUT2D eigenvalue weighted by atomic mass is 9.82. The largest absolute Gasteiger partial charge is 0.344 e. The molecule has 2 aliphatic rings. The summed E-state index contributed by atoms with van der Waals surface area (Å²) >= 11 is 0. The van der Waals surface area contributed by atoms with Crippen LogP contribution >= 0.6 is 0 Å². The van der Waals surface area contributed by atoms with Gasteiger partial charge in [-0.05, 0) is 36.8 Å².